The number of ether oxygens (including phenoxy) is 2. The van der Waals surface area contributed by atoms with E-state index in [4.69, 9.17) is 14.6 Å². The molecule has 1 aromatic rings. The van der Waals surface area contributed by atoms with E-state index in [0.29, 0.717) is 5.75 Å². The molecule has 0 saturated heterocycles. The summed E-state index contributed by atoms with van der Waals surface area (Å²) in [4.78, 5) is 10.3. The summed E-state index contributed by atoms with van der Waals surface area (Å²) in [5.74, 6) is -0.701. The average molecular weight is 354 g/mol. The standard InChI is InChI=1S/C10H12BrNO6S/c1-17-7-3-6(11)9(4-8(7)18-2)19(15,16)12-5-10(13)14/h3-4,12H,5H2,1-2H3,(H,13,14). The molecule has 1 rings (SSSR count). The van der Waals surface area contributed by atoms with Crippen molar-refractivity contribution in [1.29, 1.82) is 0 Å². The number of benzene rings is 1. The van der Waals surface area contributed by atoms with Crippen LogP contribution in [0.3, 0.4) is 0 Å². The number of sulfonamides is 1. The van der Waals surface area contributed by atoms with Crippen molar-refractivity contribution < 1.29 is 27.8 Å². The highest BCUT2D eigenvalue weighted by Gasteiger charge is 2.21. The molecule has 0 amide bonds. The highest BCUT2D eigenvalue weighted by molar-refractivity contribution is 9.10. The minimum Gasteiger partial charge on any atom is -0.493 e. The molecular formula is C10H12BrNO6S. The van der Waals surface area contributed by atoms with Crippen LogP contribution in [0.25, 0.3) is 0 Å². The van der Waals surface area contributed by atoms with Crippen LogP contribution in [-0.2, 0) is 14.8 Å². The maximum atomic E-state index is 11.9. The van der Waals surface area contributed by atoms with Gasteiger partial charge in [-0.25, -0.2) is 8.42 Å². The lowest BCUT2D eigenvalue weighted by molar-refractivity contribution is -0.135. The Morgan fingerprint density at radius 1 is 1.32 bits per heavy atom. The zero-order valence-electron chi connectivity index (χ0n) is 10.1. The van der Waals surface area contributed by atoms with Crippen LogP contribution in [-0.4, -0.2) is 40.3 Å². The van der Waals surface area contributed by atoms with Crippen molar-refractivity contribution >= 4 is 31.9 Å². The SMILES string of the molecule is COc1cc(Br)c(S(=O)(=O)NCC(=O)O)cc1OC. The number of hydrogen-bond acceptors (Lipinski definition) is 5. The third-order valence-electron chi connectivity index (χ3n) is 2.14. The molecule has 2 N–H and O–H groups in total. The normalized spacial score (nSPS) is 11.1. The van der Waals surface area contributed by atoms with Crippen LogP contribution in [0.15, 0.2) is 21.5 Å². The number of hydrogen-bond donors (Lipinski definition) is 2. The lowest BCUT2D eigenvalue weighted by Crippen LogP contribution is -2.29. The largest absolute Gasteiger partial charge is 0.493 e. The first-order valence-corrected chi connectivity index (χ1v) is 7.22. The summed E-state index contributed by atoms with van der Waals surface area (Å²) in [6.07, 6.45) is 0. The second-order valence-electron chi connectivity index (χ2n) is 3.36. The summed E-state index contributed by atoms with van der Waals surface area (Å²) >= 11 is 3.09. The fourth-order valence-corrected chi connectivity index (χ4v) is 3.28. The van der Waals surface area contributed by atoms with Gasteiger partial charge in [0.25, 0.3) is 0 Å². The first kappa shape index (κ1) is 15.7. The van der Waals surface area contributed by atoms with E-state index in [-0.39, 0.29) is 15.1 Å². The number of carbonyl (C=O) groups is 1. The number of halogens is 1. The van der Waals surface area contributed by atoms with Gasteiger partial charge in [-0.1, -0.05) is 0 Å². The van der Waals surface area contributed by atoms with Gasteiger partial charge in [0, 0.05) is 10.5 Å². The van der Waals surface area contributed by atoms with E-state index in [1.165, 1.54) is 26.4 Å². The molecule has 0 fully saturated rings. The molecular weight excluding hydrogens is 342 g/mol. The number of carboxylic acids is 1. The number of nitrogens with one attached hydrogen (secondary N) is 1. The van der Waals surface area contributed by atoms with Crippen molar-refractivity contribution in [2.75, 3.05) is 20.8 Å². The van der Waals surface area contributed by atoms with Crippen molar-refractivity contribution in [2.45, 2.75) is 4.90 Å². The lowest BCUT2D eigenvalue weighted by atomic mass is 10.3. The molecule has 7 nitrogen and oxygen atoms in total. The number of methoxy groups -OCH3 is 2. The Morgan fingerprint density at radius 2 is 1.84 bits per heavy atom. The second kappa shape index (κ2) is 6.22. The summed E-state index contributed by atoms with van der Waals surface area (Å²) in [5.41, 5.74) is 0. The molecule has 0 heterocycles. The van der Waals surface area contributed by atoms with E-state index in [9.17, 15) is 13.2 Å². The van der Waals surface area contributed by atoms with Gasteiger partial charge < -0.3 is 14.6 Å². The summed E-state index contributed by atoms with van der Waals surface area (Å²) in [5, 5.41) is 8.49. The summed E-state index contributed by atoms with van der Waals surface area (Å²) < 4.78 is 36.1. The van der Waals surface area contributed by atoms with Gasteiger partial charge in [0.05, 0.1) is 14.2 Å². The Bertz CT molecular complexity index is 586. The summed E-state index contributed by atoms with van der Waals surface area (Å²) in [6, 6.07) is 2.67. The van der Waals surface area contributed by atoms with Crippen LogP contribution in [0.1, 0.15) is 0 Å². The molecule has 0 bridgehead atoms. The fraction of sp³-hybridized carbons (Fsp3) is 0.300. The Morgan fingerprint density at radius 3 is 2.32 bits per heavy atom. The van der Waals surface area contributed by atoms with Crippen LogP contribution >= 0.6 is 15.9 Å². The van der Waals surface area contributed by atoms with Crippen molar-refractivity contribution in [3.8, 4) is 11.5 Å². The Kier molecular flexibility index (Phi) is 5.15. The molecule has 0 unspecified atom stereocenters. The second-order valence-corrected chi connectivity index (χ2v) is 5.95. The van der Waals surface area contributed by atoms with Gasteiger partial charge in [0.2, 0.25) is 10.0 Å². The summed E-state index contributed by atoms with van der Waals surface area (Å²) in [7, 11) is -1.17. The van der Waals surface area contributed by atoms with Gasteiger partial charge in [-0.05, 0) is 22.0 Å². The predicted octanol–water partition coefficient (Wildman–Crippen LogP) is 0.829. The minimum atomic E-state index is -3.96. The van der Waals surface area contributed by atoms with Crippen molar-refractivity contribution in [1.82, 2.24) is 4.72 Å². The third kappa shape index (κ3) is 3.82. The fourth-order valence-electron chi connectivity index (χ4n) is 1.28. The monoisotopic (exact) mass is 353 g/mol. The van der Waals surface area contributed by atoms with E-state index >= 15 is 0 Å². The van der Waals surface area contributed by atoms with Crippen LogP contribution < -0.4 is 14.2 Å². The van der Waals surface area contributed by atoms with Gasteiger partial charge in [0.15, 0.2) is 11.5 Å². The molecule has 19 heavy (non-hydrogen) atoms. The number of carboxylic acid groups (broad SMARTS) is 1. The Balaban J connectivity index is 3.23. The smallest absolute Gasteiger partial charge is 0.318 e. The van der Waals surface area contributed by atoms with E-state index in [1.807, 2.05) is 4.72 Å². The third-order valence-corrected chi connectivity index (χ3v) is 4.50. The van der Waals surface area contributed by atoms with Crippen LogP contribution in [0.5, 0.6) is 11.5 Å². The molecule has 0 aliphatic heterocycles. The van der Waals surface area contributed by atoms with E-state index in [1.54, 1.807) is 0 Å². The van der Waals surface area contributed by atoms with Crippen LogP contribution in [0.2, 0.25) is 0 Å². The molecule has 9 heteroatoms. The van der Waals surface area contributed by atoms with Gasteiger partial charge in [-0.15, -0.1) is 0 Å². The Labute approximate surface area is 118 Å². The molecule has 0 aliphatic carbocycles. The number of rotatable bonds is 6. The van der Waals surface area contributed by atoms with Crippen molar-refractivity contribution in [2.24, 2.45) is 0 Å². The average Bonchev–Trinajstić information content (AvgIpc) is 2.35. The number of aliphatic carboxylic acids is 1. The molecule has 106 valence electrons. The quantitative estimate of drug-likeness (QED) is 0.785. The minimum absolute atomic E-state index is 0.133. The van der Waals surface area contributed by atoms with Gasteiger partial charge >= 0.3 is 5.97 Å². The Hall–Kier alpha value is -1.32. The predicted molar refractivity (Wildman–Crippen MR) is 70.1 cm³/mol. The topological polar surface area (TPSA) is 102 Å². The molecule has 0 atom stereocenters. The van der Waals surface area contributed by atoms with Crippen molar-refractivity contribution in [3.63, 3.8) is 0 Å². The first-order chi connectivity index (χ1) is 8.81. The molecule has 0 radical (unpaired) electrons. The molecule has 1 aromatic carbocycles. The van der Waals surface area contributed by atoms with Gasteiger partial charge in [-0.2, -0.15) is 4.72 Å². The molecule has 0 spiro atoms. The molecule has 0 saturated carbocycles. The van der Waals surface area contributed by atoms with Gasteiger partial charge in [-0.3, -0.25) is 4.79 Å². The van der Waals surface area contributed by atoms with E-state index < -0.39 is 22.5 Å². The van der Waals surface area contributed by atoms with Gasteiger partial charge in [0.1, 0.15) is 11.4 Å². The highest BCUT2D eigenvalue weighted by atomic mass is 79.9. The molecule has 0 aromatic heterocycles. The molecule has 0 aliphatic rings. The first-order valence-electron chi connectivity index (χ1n) is 4.94. The van der Waals surface area contributed by atoms with E-state index in [2.05, 4.69) is 15.9 Å². The van der Waals surface area contributed by atoms with Crippen LogP contribution in [0.4, 0.5) is 0 Å². The summed E-state index contributed by atoms with van der Waals surface area (Å²) in [6.45, 7) is -0.705. The van der Waals surface area contributed by atoms with Crippen molar-refractivity contribution in [3.05, 3.63) is 16.6 Å². The highest BCUT2D eigenvalue weighted by Crippen LogP contribution is 2.35. The zero-order chi connectivity index (χ0) is 14.6. The maximum absolute atomic E-state index is 11.9. The zero-order valence-corrected chi connectivity index (χ0v) is 12.5. The maximum Gasteiger partial charge on any atom is 0.318 e. The van der Waals surface area contributed by atoms with Crippen LogP contribution in [0, 0.1) is 0 Å². The van der Waals surface area contributed by atoms with E-state index in [0.717, 1.165) is 0 Å². The lowest BCUT2D eigenvalue weighted by Gasteiger charge is -2.12.